The first-order valence-electron chi connectivity index (χ1n) is 8.49. The number of hydrogen-bond acceptors (Lipinski definition) is 5. The van der Waals surface area contributed by atoms with Gasteiger partial charge in [-0.05, 0) is 50.5 Å². The minimum Gasteiger partial charge on any atom is -0.461 e. The maximum absolute atomic E-state index is 12.2. The third kappa shape index (κ3) is 5.48. The van der Waals surface area contributed by atoms with Gasteiger partial charge in [0.2, 0.25) is 0 Å². The van der Waals surface area contributed by atoms with Crippen LogP contribution in [-0.2, 0) is 9.53 Å². The molecular formula is C18H28N2O2S. The number of hydrogen-bond donors (Lipinski definition) is 0. The van der Waals surface area contributed by atoms with Crippen LogP contribution in [0.3, 0.4) is 0 Å². The van der Waals surface area contributed by atoms with Gasteiger partial charge in [-0.1, -0.05) is 39.0 Å². The van der Waals surface area contributed by atoms with Gasteiger partial charge in [0, 0.05) is 11.4 Å². The van der Waals surface area contributed by atoms with Crippen LogP contribution in [-0.4, -0.2) is 27.8 Å². The lowest BCUT2D eigenvalue weighted by molar-refractivity contribution is -0.152. The number of ether oxygens (including phenoxy) is 1. The van der Waals surface area contributed by atoms with E-state index in [-0.39, 0.29) is 17.8 Å². The monoisotopic (exact) mass is 336 g/mol. The second-order valence-corrected chi connectivity index (χ2v) is 8.02. The van der Waals surface area contributed by atoms with Crippen molar-refractivity contribution in [1.29, 1.82) is 0 Å². The van der Waals surface area contributed by atoms with Crippen molar-refractivity contribution >= 4 is 17.7 Å². The van der Waals surface area contributed by atoms with Gasteiger partial charge in [-0.15, -0.1) is 0 Å². The number of aryl methyl sites for hydroxylation is 2. The van der Waals surface area contributed by atoms with E-state index in [0.717, 1.165) is 24.2 Å². The molecule has 0 saturated heterocycles. The van der Waals surface area contributed by atoms with Gasteiger partial charge < -0.3 is 4.74 Å². The number of aromatic nitrogens is 2. The second kappa shape index (κ2) is 8.13. The molecule has 1 aliphatic carbocycles. The van der Waals surface area contributed by atoms with Crippen LogP contribution in [0.1, 0.15) is 51.4 Å². The molecule has 0 aliphatic heterocycles. The van der Waals surface area contributed by atoms with E-state index in [1.165, 1.54) is 18.2 Å². The van der Waals surface area contributed by atoms with E-state index in [1.807, 2.05) is 19.9 Å². The summed E-state index contributed by atoms with van der Waals surface area (Å²) in [5, 5.41) is 0.650. The first-order valence-corrected chi connectivity index (χ1v) is 9.48. The molecule has 0 bridgehead atoms. The maximum Gasteiger partial charge on any atom is 0.316 e. The zero-order chi connectivity index (χ0) is 17.0. The molecule has 3 atom stereocenters. The molecule has 0 unspecified atom stereocenters. The highest BCUT2D eigenvalue weighted by atomic mass is 32.2. The minimum absolute atomic E-state index is 0.0620. The van der Waals surface area contributed by atoms with Gasteiger partial charge in [-0.3, -0.25) is 4.79 Å². The Morgan fingerprint density at radius 2 is 1.96 bits per heavy atom. The van der Waals surface area contributed by atoms with E-state index < -0.39 is 0 Å². The minimum atomic E-state index is -0.150. The van der Waals surface area contributed by atoms with E-state index in [1.54, 1.807) is 0 Å². The highest BCUT2D eigenvalue weighted by Gasteiger charge is 2.33. The molecule has 1 aromatic rings. The smallest absolute Gasteiger partial charge is 0.316 e. The van der Waals surface area contributed by atoms with Crippen molar-refractivity contribution < 1.29 is 9.53 Å². The van der Waals surface area contributed by atoms with Crippen LogP contribution < -0.4 is 0 Å². The van der Waals surface area contributed by atoms with Gasteiger partial charge in [0.15, 0.2) is 5.16 Å². The third-order valence-electron chi connectivity index (χ3n) is 4.53. The van der Waals surface area contributed by atoms with Crippen molar-refractivity contribution in [3.05, 3.63) is 17.5 Å². The van der Waals surface area contributed by atoms with Crippen LogP contribution >= 0.6 is 11.8 Å². The molecule has 0 aromatic carbocycles. The summed E-state index contributed by atoms with van der Waals surface area (Å²) >= 11 is 1.36. The van der Waals surface area contributed by atoms with Crippen molar-refractivity contribution in [1.82, 2.24) is 9.97 Å². The Labute approximate surface area is 143 Å². The zero-order valence-corrected chi connectivity index (χ0v) is 15.7. The lowest BCUT2D eigenvalue weighted by atomic mass is 9.75. The number of esters is 1. The highest BCUT2D eigenvalue weighted by Crippen LogP contribution is 2.35. The van der Waals surface area contributed by atoms with E-state index >= 15 is 0 Å². The third-order valence-corrected chi connectivity index (χ3v) is 5.35. The molecule has 1 aliphatic rings. The summed E-state index contributed by atoms with van der Waals surface area (Å²) in [4.78, 5) is 20.9. The fraction of sp³-hybridized carbons (Fsp3) is 0.722. The largest absolute Gasteiger partial charge is 0.461 e. The molecule has 0 spiro atoms. The first-order chi connectivity index (χ1) is 10.8. The predicted molar refractivity (Wildman–Crippen MR) is 93.5 cm³/mol. The first kappa shape index (κ1) is 18.2. The Morgan fingerprint density at radius 3 is 2.57 bits per heavy atom. The summed E-state index contributed by atoms with van der Waals surface area (Å²) < 4.78 is 5.80. The standard InChI is InChI=1S/C18H28N2O2S/c1-11(2)15-7-6-12(3)8-16(15)22-17(21)10-23-18-19-13(4)9-14(5)20-18/h9,11-12,15-16H,6-8,10H2,1-5H3/t12-,15-,16-/m1/s1. The summed E-state index contributed by atoms with van der Waals surface area (Å²) in [6, 6.07) is 1.93. The quantitative estimate of drug-likeness (QED) is 0.458. The van der Waals surface area contributed by atoms with Crippen molar-refractivity contribution in [2.75, 3.05) is 5.75 Å². The van der Waals surface area contributed by atoms with E-state index in [9.17, 15) is 4.79 Å². The predicted octanol–water partition coefficient (Wildman–Crippen LogP) is 4.19. The molecule has 5 heteroatoms. The Kier molecular flexibility index (Phi) is 6.45. The Morgan fingerprint density at radius 1 is 1.30 bits per heavy atom. The molecule has 2 rings (SSSR count). The molecule has 0 amide bonds. The number of carbonyl (C=O) groups is 1. The van der Waals surface area contributed by atoms with Crippen LogP contribution in [0.4, 0.5) is 0 Å². The van der Waals surface area contributed by atoms with E-state index in [0.29, 0.717) is 22.9 Å². The molecule has 1 saturated carbocycles. The Balaban J connectivity index is 1.90. The van der Waals surface area contributed by atoms with Crippen molar-refractivity contribution in [2.45, 2.75) is 65.1 Å². The lowest BCUT2D eigenvalue weighted by Gasteiger charge is -2.36. The van der Waals surface area contributed by atoms with Crippen LogP contribution in [0.25, 0.3) is 0 Å². The molecular weight excluding hydrogens is 308 g/mol. The molecule has 128 valence electrons. The van der Waals surface area contributed by atoms with Gasteiger partial charge in [0.05, 0.1) is 5.75 Å². The van der Waals surface area contributed by atoms with Crippen molar-refractivity contribution in [2.24, 2.45) is 17.8 Å². The molecule has 1 aromatic heterocycles. The number of nitrogens with zero attached hydrogens (tertiary/aromatic N) is 2. The van der Waals surface area contributed by atoms with Gasteiger partial charge in [0.25, 0.3) is 0 Å². The van der Waals surface area contributed by atoms with Gasteiger partial charge in [0.1, 0.15) is 6.10 Å². The molecule has 1 heterocycles. The summed E-state index contributed by atoms with van der Waals surface area (Å²) in [5.41, 5.74) is 1.85. The van der Waals surface area contributed by atoms with Crippen molar-refractivity contribution in [3.63, 3.8) is 0 Å². The molecule has 1 fully saturated rings. The number of carbonyl (C=O) groups excluding carboxylic acids is 1. The van der Waals surface area contributed by atoms with Crippen LogP contribution in [0, 0.1) is 31.6 Å². The summed E-state index contributed by atoms with van der Waals surface area (Å²) in [5.74, 6) is 1.80. The lowest BCUT2D eigenvalue weighted by Crippen LogP contribution is -2.36. The normalized spacial score (nSPS) is 24.7. The maximum atomic E-state index is 12.2. The highest BCUT2D eigenvalue weighted by molar-refractivity contribution is 7.99. The average Bonchev–Trinajstić information content (AvgIpc) is 2.44. The number of rotatable bonds is 5. The summed E-state index contributed by atoms with van der Waals surface area (Å²) in [7, 11) is 0. The fourth-order valence-corrected chi connectivity index (χ4v) is 4.07. The SMILES string of the molecule is Cc1cc(C)nc(SCC(=O)O[C@@H]2C[C@H](C)CC[C@@H]2C(C)C)n1. The van der Waals surface area contributed by atoms with E-state index in [2.05, 4.69) is 30.7 Å². The van der Waals surface area contributed by atoms with Crippen LogP contribution in [0.2, 0.25) is 0 Å². The topological polar surface area (TPSA) is 52.1 Å². The van der Waals surface area contributed by atoms with Gasteiger partial charge >= 0.3 is 5.97 Å². The summed E-state index contributed by atoms with van der Waals surface area (Å²) in [6.45, 7) is 10.6. The Bertz CT molecular complexity index is 528. The van der Waals surface area contributed by atoms with Crippen LogP contribution in [0.5, 0.6) is 0 Å². The van der Waals surface area contributed by atoms with E-state index in [4.69, 9.17) is 4.74 Å². The van der Waals surface area contributed by atoms with Crippen LogP contribution in [0.15, 0.2) is 11.2 Å². The average molecular weight is 337 g/mol. The molecule has 0 radical (unpaired) electrons. The molecule has 23 heavy (non-hydrogen) atoms. The zero-order valence-electron chi connectivity index (χ0n) is 14.8. The summed E-state index contributed by atoms with van der Waals surface area (Å²) in [6.07, 6.45) is 3.44. The Hall–Kier alpha value is -1.10. The fourth-order valence-electron chi connectivity index (χ4n) is 3.33. The molecule has 0 N–H and O–H groups in total. The second-order valence-electron chi connectivity index (χ2n) is 7.08. The van der Waals surface area contributed by atoms with Crippen molar-refractivity contribution in [3.8, 4) is 0 Å². The number of thioether (sulfide) groups is 1. The van der Waals surface area contributed by atoms with Gasteiger partial charge in [-0.2, -0.15) is 0 Å². The van der Waals surface area contributed by atoms with Gasteiger partial charge in [-0.25, -0.2) is 9.97 Å². The molecule has 4 nitrogen and oxygen atoms in total.